The molecular weight excluding hydrogens is 136 g/mol. The second-order valence-electron chi connectivity index (χ2n) is 3.12. The van der Waals surface area contributed by atoms with Crippen molar-refractivity contribution < 1.29 is 0 Å². The van der Waals surface area contributed by atoms with Gasteiger partial charge in [-0.15, -0.1) is 0 Å². The van der Waals surface area contributed by atoms with Gasteiger partial charge in [-0.3, -0.25) is 11.3 Å². The highest BCUT2D eigenvalue weighted by Crippen LogP contribution is 2.22. The number of nitrogens with two attached hydrogens (primary N) is 1. The Balaban J connectivity index is 0.000000461. The van der Waals surface area contributed by atoms with E-state index in [-0.39, 0.29) is 0 Å². The lowest BCUT2D eigenvalue weighted by Crippen LogP contribution is -2.37. The quantitative estimate of drug-likeness (QED) is 0.453. The van der Waals surface area contributed by atoms with E-state index in [0.717, 1.165) is 5.92 Å². The summed E-state index contributed by atoms with van der Waals surface area (Å²) in [6.07, 6.45) is 5.21. The minimum atomic E-state index is 0.598. The van der Waals surface area contributed by atoms with Gasteiger partial charge in [0.2, 0.25) is 0 Å². The Labute approximate surface area is 70.5 Å². The second-order valence-corrected chi connectivity index (χ2v) is 3.12. The lowest BCUT2D eigenvalue weighted by Gasteiger charge is -2.24. The SMILES string of the molecule is CC.CC1CCC(NN)CC1. The van der Waals surface area contributed by atoms with Crippen LogP contribution in [0.2, 0.25) is 0 Å². The fourth-order valence-electron chi connectivity index (χ4n) is 1.43. The summed E-state index contributed by atoms with van der Waals surface area (Å²) in [6, 6.07) is 0.598. The Bertz CT molecular complexity index is 75.6. The fourth-order valence-corrected chi connectivity index (χ4v) is 1.43. The smallest absolute Gasteiger partial charge is 0.0210 e. The normalized spacial score (nSPS) is 30.5. The van der Waals surface area contributed by atoms with Gasteiger partial charge in [0, 0.05) is 6.04 Å². The molecule has 0 unspecified atom stereocenters. The van der Waals surface area contributed by atoms with E-state index in [2.05, 4.69) is 12.3 Å². The molecule has 0 aliphatic heterocycles. The minimum absolute atomic E-state index is 0.598. The van der Waals surface area contributed by atoms with Crippen LogP contribution in [0, 0.1) is 5.92 Å². The summed E-state index contributed by atoms with van der Waals surface area (Å²) in [4.78, 5) is 0. The Hall–Kier alpha value is -0.0800. The van der Waals surface area contributed by atoms with Crippen molar-refractivity contribution in [3.63, 3.8) is 0 Å². The Morgan fingerprint density at radius 2 is 1.55 bits per heavy atom. The summed E-state index contributed by atoms with van der Waals surface area (Å²) in [5.41, 5.74) is 2.82. The topological polar surface area (TPSA) is 38.0 Å². The Morgan fingerprint density at radius 3 is 1.91 bits per heavy atom. The zero-order chi connectivity index (χ0) is 8.69. The van der Waals surface area contributed by atoms with Gasteiger partial charge in [0.15, 0.2) is 0 Å². The molecule has 0 aromatic carbocycles. The van der Waals surface area contributed by atoms with Crippen LogP contribution >= 0.6 is 0 Å². The van der Waals surface area contributed by atoms with Crippen molar-refractivity contribution in [2.45, 2.75) is 52.5 Å². The molecule has 0 spiro atoms. The van der Waals surface area contributed by atoms with E-state index in [1.54, 1.807) is 0 Å². The predicted octanol–water partition coefficient (Wildman–Crippen LogP) is 2.05. The predicted molar refractivity (Wildman–Crippen MR) is 50.1 cm³/mol. The van der Waals surface area contributed by atoms with Crippen molar-refractivity contribution in [1.29, 1.82) is 0 Å². The lowest BCUT2D eigenvalue weighted by atomic mass is 9.88. The summed E-state index contributed by atoms with van der Waals surface area (Å²) in [7, 11) is 0. The summed E-state index contributed by atoms with van der Waals surface area (Å²) in [6.45, 7) is 6.31. The molecule has 68 valence electrons. The number of hydrogen-bond acceptors (Lipinski definition) is 2. The zero-order valence-corrected chi connectivity index (χ0v) is 8.06. The van der Waals surface area contributed by atoms with Crippen LogP contribution in [0.3, 0.4) is 0 Å². The van der Waals surface area contributed by atoms with Gasteiger partial charge in [-0.05, 0) is 31.6 Å². The maximum atomic E-state index is 5.30. The van der Waals surface area contributed by atoms with E-state index >= 15 is 0 Å². The Morgan fingerprint density at radius 1 is 1.09 bits per heavy atom. The van der Waals surface area contributed by atoms with Gasteiger partial charge < -0.3 is 0 Å². The van der Waals surface area contributed by atoms with Gasteiger partial charge in [-0.25, -0.2) is 0 Å². The number of rotatable bonds is 1. The van der Waals surface area contributed by atoms with Gasteiger partial charge in [-0.2, -0.15) is 0 Å². The van der Waals surface area contributed by atoms with E-state index in [9.17, 15) is 0 Å². The molecule has 0 heterocycles. The van der Waals surface area contributed by atoms with Gasteiger partial charge in [0.05, 0.1) is 0 Å². The van der Waals surface area contributed by atoms with Crippen molar-refractivity contribution in [3.8, 4) is 0 Å². The molecule has 2 nitrogen and oxygen atoms in total. The summed E-state index contributed by atoms with van der Waals surface area (Å²) >= 11 is 0. The van der Waals surface area contributed by atoms with Gasteiger partial charge in [0.25, 0.3) is 0 Å². The van der Waals surface area contributed by atoms with E-state index in [1.165, 1.54) is 25.7 Å². The third-order valence-corrected chi connectivity index (χ3v) is 2.25. The maximum Gasteiger partial charge on any atom is 0.0210 e. The van der Waals surface area contributed by atoms with Crippen molar-refractivity contribution in [3.05, 3.63) is 0 Å². The first-order chi connectivity index (χ1) is 5.33. The highest BCUT2D eigenvalue weighted by molar-refractivity contribution is 4.72. The van der Waals surface area contributed by atoms with Crippen molar-refractivity contribution in [1.82, 2.24) is 5.43 Å². The lowest BCUT2D eigenvalue weighted by molar-refractivity contribution is 0.310. The van der Waals surface area contributed by atoms with Crippen LogP contribution in [0.5, 0.6) is 0 Å². The summed E-state index contributed by atoms with van der Waals surface area (Å²) < 4.78 is 0. The van der Waals surface area contributed by atoms with Crippen molar-refractivity contribution in [2.75, 3.05) is 0 Å². The first-order valence-corrected chi connectivity index (χ1v) is 4.79. The molecule has 1 saturated carbocycles. The molecule has 1 aliphatic carbocycles. The molecule has 0 amide bonds. The van der Waals surface area contributed by atoms with Crippen LogP contribution in [-0.4, -0.2) is 6.04 Å². The van der Waals surface area contributed by atoms with Gasteiger partial charge in [0.1, 0.15) is 0 Å². The molecule has 0 bridgehead atoms. The van der Waals surface area contributed by atoms with Crippen molar-refractivity contribution >= 4 is 0 Å². The van der Waals surface area contributed by atoms with Crippen LogP contribution < -0.4 is 11.3 Å². The van der Waals surface area contributed by atoms with Crippen LogP contribution in [0.4, 0.5) is 0 Å². The van der Waals surface area contributed by atoms with Crippen molar-refractivity contribution in [2.24, 2.45) is 11.8 Å². The highest BCUT2D eigenvalue weighted by atomic mass is 15.2. The number of hydrogen-bond donors (Lipinski definition) is 2. The molecule has 1 rings (SSSR count). The summed E-state index contributed by atoms with van der Waals surface area (Å²) in [5, 5.41) is 0. The van der Waals surface area contributed by atoms with E-state index in [0.29, 0.717) is 6.04 Å². The maximum absolute atomic E-state index is 5.30. The molecule has 11 heavy (non-hydrogen) atoms. The molecule has 0 aromatic heterocycles. The van der Waals surface area contributed by atoms with Crippen LogP contribution in [0.25, 0.3) is 0 Å². The van der Waals surface area contributed by atoms with Gasteiger partial charge in [-0.1, -0.05) is 20.8 Å². The molecule has 1 fully saturated rings. The van der Waals surface area contributed by atoms with E-state index < -0.39 is 0 Å². The van der Waals surface area contributed by atoms with E-state index in [1.807, 2.05) is 13.8 Å². The monoisotopic (exact) mass is 158 g/mol. The first-order valence-electron chi connectivity index (χ1n) is 4.79. The van der Waals surface area contributed by atoms with Crippen LogP contribution in [0.15, 0.2) is 0 Å². The second kappa shape index (κ2) is 6.62. The third kappa shape index (κ3) is 4.38. The average Bonchev–Trinajstić information content (AvgIpc) is 2.10. The standard InChI is InChI=1S/C7H16N2.C2H6/c1-6-2-4-7(9-8)5-3-6;1-2/h6-7,9H,2-5,8H2,1H3;1-2H3. The van der Waals surface area contributed by atoms with Crippen LogP contribution in [-0.2, 0) is 0 Å². The number of nitrogens with one attached hydrogen (secondary N) is 1. The third-order valence-electron chi connectivity index (χ3n) is 2.25. The molecule has 2 heteroatoms. The first kappa shape index (κ1) is 10.9. The fraction of sp³-hybridized carbons (Fsp3) is 1.00. The molecule has 1 aliphatic rings. The molecule has 0 saturated heterocycles. The largest absolute Gasteiger partial charge is 0.271 e. The molecule has 0 aromatic rings. The Kier molecular flexibility index (Phi) is 6.57. The number of hydrazine groups is 1. The van der Waals surface area contributed by atoms with Crippen LogP contribution in [0.1, 0.15) is 46.5 Å². The molecule has 3 N–H and O–H groups in total. The molecule has 0 atom stereocenters. The van der Waals surface area contributed by atoms with Gasteiger partial charge >= 0.3 is 0 Å². The zero-order valence-electron chi connectivity index (χ0n) is 8.06. The molecule has 0 radical (unpaired) electrons. The van der Waals surface area contributed by atoms with E-state index in [4.69, 9.17) is 5.84 Å². The summed E-state index contributed by atoms with van der Waals surface area (Å²) in [5.74, 6) is 6.22. The highest BCUT2D eigenvalue weighted by Gasteiger charge is 2.15. The minimum Gasteiger partial charge on any atom is -0.271 e. The molecular formula is C9H22N2. The average molecular weight is 158 g/mol.